The summed E-state index contributed by atoms with van der Waals surface area (Å²) in [5.41, 5.74) is 0.792. The molecule has 0 spiro atoms. The van der Waals surface area contributed by atoms with Gasteiger partial charge >= 0.3 is 6.09 Å². The Morgan fingerprint density at radius 3 is 2.59 bits per heavy atom. The van der Waals surface area contributed by atoms with Crippen LogP contribution in [0.4, 0.5) is 4.79 Å². The molecule has 1 aliphatic rings. The quantitative estimate of drug-likeness (QED) is 0.785. The number of carbonyl (C=O) groups excluding carboxylic acids is 1. The maximum atomic E-state index is 11.9. The topological polar surface area (TPSA) is 29.5 Å². The van der Waals surface area contributed by atoms with Crippen molar-refractivity contribution in [2.24, 2.45) is 0 Å². The molecule has 1 aromatic rings. The third-order valence-corrected chi connectivity index (χ3v) is 3.11. The fourth-order valence-corrected chi connectivity index (χ4v) is 2.34. The minimum absolute atomic E-state index is 0.211. The lowest BCUT2D eigenvalue weighted by atomic mass is 9.97. The van der Waals surface area contributed by atoms with Gasteiger partial charge in [-0.05, 0) is 26.3 Å². The monoisotopic (exact) mass is 233 g/mol. The first-order chi connectivity index (χ1) is 7.98. The highest BCUT2D eigenvalue weighted by molar-refractivity contribution is 5.69. The Kier molecular flexibility index (Phi) is 3.09. The number of ether oxygens (including phenoxy) is 1. The molecule has 3 nitrogen and oxygen atoms in total. The molecular weight excluding hydrogens is 214 g/mol. The molecule has 2 rings (SSSR count). The maximum absolute atomic E-state index is 11.9. The highest BCUT2D eigenvalue weighted by Crippen LogP contribution is 2.28. The van der Waals surface area contributed by atoms with Crippen LogP contribution in [-0.2, 0) is 11.3 Å². The molecular formula is C14H19NO2. The van der Waals surface area contributed by atoms with E-state index in [1.54, 1.807) is 4.90 Å². The molecule has 1 atom stereocenters. The van der Waals surface area contributed by atoms with Crippen LogP contribution in [0.2, 0.25) is 0 Å². The van der Waals surface area contributed by atoms with Crippen LogP contribution in [0, 0.1) is 0 Å². The zero-order valence-electron chi connectivity index (χ0n) is 10.6. The number of cyclic esters (lactones) is 1. The maximum Gasteiger partial charge on any atom is 0.410 e. The van der Waals surface area contributed by atoms with E-state index in [0.717, 1.165) is 12.0 Å². The number of benzene rings is 1. The summed E-state index contributed by atoms with van der Waals surface area (Å²) in [6.07, 6.45) is 0.656. The van der Waals surface area contributed by atoms with Crippen molar-refractivity contribution in [3.8, 4) is 0 Å². The van der Waals surface area contributed by atoms with Crippen molar-refractivity contribution in [2.75, 3.05) is 0 Å². The van der Waals surface area contributed by atoms with Crippen molar-refractivity contribution >= 4 is 6.09 Å². The summed E-state index contributed by atoms with van der Waals surface area (Å²) in [4.78, 5) is 13.7. The molecule has 1 aromatic carbocycles. The van der Waals surface area contributed by atoms with Gasteiger partial charge in [0, 0.05) is 19.0 Å². The lowest BCUT2D eigenvalue weighted by Gasteiger charge is -2.41. The van der Waals surface area contributed by atoms with E-state index in [-0.39, 0.29) is 17.7 Å². The smallest absolute Gasteiger partial charge is 0.410 e. The number of hydrogen-bond donors (Lipinski definition) is 0. The van der Waals surface area contributed by atoms with E-state index in [4.69, 9.17) is 4.74 Å². The van der Waals surface area contributed by atoms with Crippen molar-refractivity contribution in [3.63, 3.8) is 0 Å². The normalized spacial score (nSPS) is 23.4. The van der Waals surface area contributed by atoms with Crippen LogP contribution in [0.25, 0.3) is 0 Å². The van der Waals surface area contributed by atoms with Gasteiger partial charge in [-0.15, -0.1) is 0 Å². The third kappa shape index (κ3) is 2.78. The number of carbonyl (C=O) groups is 1. The molecule has 0 N–H and O–H groups in total. The largest absolute Gasteiger partial charge is 0.443 e. The molecule has 1 amide bonds. The molecule has 0 radical (unpaired) electrons. The van der Waals surface area contributed by atoms with Gasteiger partial charge in [-0.3, -0.25) is 0 Å². The summed E-state index contributed by atoms with van der Waals surface area (Å²) in [5.74, 6) is 0. The first kappa shape index (κ1) is 12.0. The van der Waals surface area contributed by atoms with Crippen LogP contribution in [-0.4, -0.2) is 22.6 Å². The summed E-state index contributed by atoms with van der Waals surface area (Å²) in [6, 6.07) is 10.2. The van der Waals surface area contributed by atoms with Crippen molar-refractivity contribution in [1.82, 2.24) is 4.90 Å². The molecule has 0 aromatic heterocycles. The van der Waals surface area contributed by atoms with Gasteiger partial charge in [-0.1, -0.05) is 30.3 Å². The number of nitrogens with zero attached hydrogens (tertiary/aromatic N) is 1. The molecule has 1 heterocycles. The van der Waals surface area contributed by atoms with Crippen LogP contribution in [0.1, 0.15) is 32.8 Å². The average Bonchev–Trinajstić information content (AvgIpc) is 2.24. The minimum Gasteiger partial charge on any atom is -0.443 e. The lowest BCUT2D eigenvalue weighted by molar-refractivity contribution is -0.0475. The SMILES string of the molecule is CC1CC(C)(C)OC(=O)N1Cc1ccccc1. The van der Waals surface area contributed by atoms with Crippen molar-refractivity contribution in [2.45, 2.75) is 45.4 Å². The molecule has 3 heteroatoms. The zero-order chi connectivity index (χ0) is 12.5. The van der Waals surface area contributed by atoms with Crippen LogP contribution in [0.3, 0.4) is 0 Å². The molecule has 17 heavy (non-hydrogen) atoms. The summed E-state index contributed by atoms with van der Waals surface area (Å²) in [6.45, 7) is 6.62. The van der Waals surface area contributed by atoms with Crippen LogP contribution >= 0.6 is 0 Å². The number of rotatable bonds is 2. The van der Waals surface area contributed by atoms with Gasteiger partial charge in [0.2, 0.25) is 0 Å². The predicted molar refractivity (Wildman–Crippen MR) is 66.6 cm³/mol. The molecule has 1 aliphatic heterocycles. The second kappa shape index (κ2) is 4.40. The number of hydrogen-bond acceptors (Lipinski definition) is 2. The van der Waals surface area contributed by atoms with Gasteiger partial charge in [-0.2, -0.15) is 0 Å². The minimum atomic E-state index is -0.344. The van der Waals surface area contributed by atoms with Crippen molar-refractivity contribution in [1.29, 1.82) is 0 Å². The summed E-state index contributed by atoms with van der Waals surface area (Å²) in [7, 11) is 0. The van der Waals surface area contributed by atoms with E-state index in [1.807, 2.05) is 44.2 Å². The lowest BCUT2D eigenvalue weighted by Crippen LogP contribution is -2.51. The van der Waals surface area contributed by atoms with Gasteiger partial charge < -0.3 is 9.64 Å². The Morgan fingerprint density at radius 1 is 1.35 bits per heavy atom. The Balaban J connectivity index is 2.09. The van der Waals surface area contributed by atoms with Crippen LogP contribution < -0.4 is 0 Å². The van der Waals surface area contributed by atoms with E-state index in [0.29, 0.717) is 6.54 Å². The van der Waals surface area contributed by atoms with Crippen LogP contribution in [0.5, 0.6) is 0 Å². The van der Waals surface area contributed by atoms with E-state index in [2.05, 4.69) is 6.92 Å². The Hall–Kier alpha value is -1.51. The summed E-state index contributed by atoms with van der Waals surface area (Å²) >= 11 is 0. The Labute approximate surface area is 102 Å². The van der Waals surface area contributed by atoms with Gasteiger partial charge in [0.25, 0.3) is 0 Å². The van der Waals surface area contributed by atoms with Crippen LogP contribution in [0.15, 0.2) is 30.3 Å². The fraction of sp³-hybridized carbons (Fsp3) is 0.500. The third-order valence-electron chi connectivity index (χ3n) is 3.11. The van der Waals surface area contributed by atoms with E-state index < -0.39 is 0 Å². The molecule has 0 saturated carbocycles. The van der Waals surface area contributed by atoms with Gasteiger partial charge in [0.15, 0.2) is 0 Å². The molecule has 0 aliphatic carbocycles. The van der Waals surface area contributed by atoms with E-state index in [1.165, 1.54) is 0 Å². The highest BCUT2D eigenvalue weighted by atomic mass is 16.6. The first-order valence-electron chi connectivity index (χ1n) is 6.01. The molecule has 0 bridgehead atoms. The fourth-order valence-electron chi connectivity index (χ4n) is 2.34. The second-order valence-electron chi connectivity index (χ2n) is 5.29. The van der Waals surface area contributed by atoms with Gasteiger partial charge in [-0.25, -0.2) is 4.79 Å². The Morgan fingerprint density at radius 2 is 2.00 bits per heavy atom. The summed E-state index contributed by atoms with van der Waals surface area (Å²) < 4.78 is 5.42. The Bertz CT molecular complexity index is 400. The molecule has 1 saturated heterocycles. The molecule has 1 fully saturated rings. The number of amides is 1. The van der Waals surface area contributed by atoms with E-state index >= 15 is 0 Å². The standard InChI is InChI=1S/C14H19NO2/c1-11-9-14(2,3)17-13(16)15(11)10-12-7-5-4-6-8-12/h4-8,11H,9-10H2,1-3H3. The summed E-state index contributed by atoms with van der Waals surface area (Å²) in [5, 5.41) is 0. The first-order valence-corrected chi connectivity index (χ1v) is 6.01. The van der Waals surface area contributed by atoms with Gasteiger partial charge in [0.05, 0.1) is 0 Å². The van der Waals surface area contributed by atoms with Crippen molar-refractivity contribution in [3.05, 3.63) is 35.9 Å². The highest BCUT2D eigenvalue weighted by Gasteiger charge is 2.37. The van der Waals surface area contributed by atoms with E-state index in [9.17, 15) is 4.79 Å². The van der Waals surface area contributed by atoms with Gasteiger partial charge in [0.1, 0.15) is 5.60 Å². The molecule has 92 valence electrons. The average molecular weight is 233 g/mol. The second-order valence-corrected chi connectivity index (χ2v) is 5.29. The predicted octanol–water partition coefficient (Wildman–Crippen LogP) is 3.20. The zero-order valence-corrected chi connectivity index (χ0v) is 10.6. The molecule has 1 unspecified atom stereocenters. The van der Waals surface area contributed by atoms with Crippen molar-refractivity contribution < 1.29 is 9.53 Å².